The van der Waals surface area contributed by atoms with Crippen molar-refractivity contribution in [1.29, 1.82) is 0 Å². The molecule has 24 heavy (non-hydrogen) atoms. The van der Waals surface area contributed by atoms with Gasteiger partial charge in [0.05, 0.1) is 12.7 Å². The van der Waals surface area contributed by atoms with Gasteiger partial charge >= 0.3 is 0 Å². The van der Waals surface area contributed by atoms with Crippen LogP contribution in [0.15, 0.2) is 48.7 Å². The summed E-state index contributed by atoms with van der Waals surface area (Å²) in [6.45, 7) is 7.29. The minimum absolute atomic E-state index is 0.0721. The fourth-order valence-corrected chi connectivity index (χ4v) is 3.26. The molecule has 1 aliphatic heterocycles. The molecule has 0 saturated carbocycles. The van der Waals surface area contributed by atoms with Gasteiger partial charge in [-0.05, 0) is 38.3 Å². The van der Waals surface area contributed by atoms with E-state index in [0.29, 0.717) is 5.82 Å². The summed E-state index contributed by atoms with van der Waals surface area (Å²) in [7, 11) is 0. The lowest BCUT2D eigenvalue weighted by Crippen LogP contribution is -2.50. The number of nitrogens with two attached hydrogens (primary N) is 1. The number of ether oxygens (including phenoxy) is 1. The second-order valence-electron chi connectivity index (χ2n) is 7.12. The Morgan fingerprint density at radius 1 is 1.21 bits per heavy atom. The van der Waals surface area contributed by atoms with E-state index in [4.69, 9.17) is 10.5 Å². The average Bonchev–Trinajstić information content (AvgIpc) is 2.62. The maximum Gasteiger partial charge on any atom is 0.123 e. The topological polar surface area (TPSA) is 51.4 Å². The molecule has 0 aliphatic carbocycles. The van der Waals surface area contributed by atoms with Crippen LogP contribution in [0, 0.1) is 0 Å². The molecule has 1 unspecified atom stereocenters. The molecule has 2 aromatic rings. The number of hydrogen-bond donors (Lipinski definition) is 1. The molecule has 1 fully saturated rings. The summed E-state index contributed by atoms with van der Waals surface area (Å²) >= 11 is 0. The van der Waals surface area contributed by atoms with Gasteiger partial charge in [0.15, 0.2) is 0 Å². The van der Waals surface area contributed by atoms with Crippen molar-refractivity contribution in [3.8, 4) is 0 Å². The maximum atomic E-state index is 5.97. The average molecular weight is 325 g/mol. The minimum Gasteiger partial charge on any atom is -0.384 e. The predicted molar refractivity (Wildman–Crippen MR) is 97.8 cm³/mol. The van der Waals surface area contributed by atoms with Gasteiger partial charge in [-0.3, -0.25) is 4.90 Å². The molecule has 2 N–H and O–H groups in total. The molecular formula is C20H27N3O. The van der Waals surface area contributed by atoms with E-state index >= 15 is 0 Å². The fraction of sp³-hybridized carbons (Fsp3) is 0.450. The Morgan fingerprint density at radius 2 is 2.00 bits per heavy atom. The highest BCUT2D eigenvalue weighted by Gasteiger charge is 2.32. The minimum atomic E-state index is 0.0721. The van der Waals surface area contributed by atoms with Crippen molar-refractivity contribution >= 4 is 5.82 Å². The Balaban J connectivity index is 1.63. The summed E-state index contributed by atoms with van der Waals surface area (Å²) in [5, 5.41) is 0. The Morgan fingerprint density at radius 3 is 2.71 bits per heavy atom. The van der Waals surface area contributed by atoms with Crippen LogP contribution >= 0.6 is 0 Å². The van der Waals surface area contributed by atoms with Crippen LogP contribution in [0.5, 0.6) is 0 Å². The van der Waals surface area contributed by atoms with Crippen molar-refractivity contribution in [1.82, 2.24) is 9.88 Å². The first-order chi connectivity index (χ1) is 11.5. The zero-order chi connectivity index (χ0) is 17.0. The van der Waals surface area contributed by atoms with Crippen molar-refractivity contribution in [3.63, 3.8) is 0 Å². The largest absolute Gasteiger partial charge is 0.384 e. The first-order valence-corrected chi connectivity index (χ1v) is 8.66. The Bertz CT molecular complexity index is 640. The zero-order valence-electron chi connectivity index (χ0n) is 14.6. The molecule has 4 nitrogen and oxygen atoms in total. The van der Waals surface area contributed by atoms with E-state index in [2.05, 4.69) is 54.1 Å². The number of aromatic nitrogens is 1. The summed E-state index contributed by atoms with van der Waals surface area (Å²) in [5.41, 5.74) is 8.33. The molecular weight excluding hydrogens is 298 g/mol. The second-order valence-corrected chi connectivity index (χ2v) is 7.12. The summed E-state index contributed by atoms with van der Waals surface area (Å²) in [5.74, 6) is 0.551. The van der Waals surface area contributed by atoms with E-state index in [-0.39, 0.29) is 11.6 Å². The van der Waals surface area contributed by atoms with Crippen molar-refractivity contribution < 1.29 is 4.74 Å². The van der Waals surface area contributed by atoms with Gasteiger partial charge in [-0.2, -0.15) is 0 Å². The number of benzene rings is 1. The van der Waals surface area contributed by atoms with E-state index in [9.17, 15) is 0 Å². The van der Waals surface area contributed by atoms with E-state index < -0.39 is 0 Å². The van der Waals surface area contributed by atoms with Crippen LogP contribution in [0.4, 0.5) is 5.82 Å². The van der Waals surface area contributed by atoms with E-state index in [1.807, 2.05) is 18.3 Å². The molecule has 4 heteroatoms. The van der Waals surface area contributed by atoms with E-state index in [1.54, 1.807) is 0 Å². The van der Waals surface area contributed by atoms with Crippen molar-refractivity contribution in [2.45, 2.75) is 38.3 Å². The van der Waals surface area contributed by atoms with Crippen LogP contribution < -0.4 is 5.73 Å². The highest BCUT2D eigenvalue weighted by atomic mass is 16.5. The van der Waals surface area contributed by atoms with Gasteiger partial charge in [0, 0.05) is 30.4 Å². The molecule has 0 bridgehead atoms. The maximum absolute atomic E-state index is 5.97. The summed E-state index contributed by atoms with van der Waals surface area (Å²) < 4.78 is 5.97. The van der Waals surface area contributed by atoms with Gasteiger partial charge in [-0.15, -0.1) is 0 Å². The normalized spacial score (nSPS) is 19.3. The van der Waals surface area contributed by atoms with Crippen molar-refractivity contribution in [2.75, 3.05) is 25.4 Å². The predicted octanol–water partition coefficient (Wildman–Crippen LogP) is 3.45. The number of anilines is 1. The number of aryl methyl sites for hydroxylation is 1. The quantitative estimate of drug-likeness (QED) is 0.915. The number of nitrogens with zero attached hydrogens (tertiary/aromatic N) is 2. The first kappa shape index (κ1) is 16.9. The third kappa shape index (κ3) is 4.13. The van der Waals surface area contributed by atoms with Crippen molar-refractivity contribution in [3.05, 3.63) is 59.8 Å². The molecule has 2 heterocycles. The lowest BCUT2D eigenvalue weighted by atomic mass is 9.92. The molecule has 0 radical (unpaired) electrons. The van der Waals surface area contributed by atoms with Gasteiger partial charge in [0.25, 0.3) is 0 Å². The van der Waals surface area contributed by atoms with Crippen LogP contribution in [-0.4, -0.2) is 35.1 Å². The zero-order valence-corrected chi connectivity index (χ0v) is 14.6. The third-order valence-corrected chi connectivity index (χ3v) is 4.97. The van der Waals surface area contributed by atoms with E-state index in [0.717, 1.165) is 38.1 Å². The summed E-state index contributed by atoms with van der Waals surface area (Å²) in [6.07, 6.45) is 4.13. The van der Waals surface area contributed by atoms with Crippen LogP contribution in [-0.2, 0) is 11.2 Å². The number of pyridine rings is 1. The Labute approximate surface area is 144 Å². The van der Waals surface area contributed by atoms with Crippen LogP contribution in [0.25, 0.3) is 0 Å². The van der Waals surface area contributed by atoms with Gasteiger partial charge in [0.1, 0.15) is 5.82 Å². The molecule has 1 aliphatic rings. The summed E-state index contributed by atoms with van der Waals surface area (Å²) in [6, 6.07) is 14.6. The number of hydrogen-bond acceptors (Lipinski definition) is 4. The molecule has 128 valence electrons. The lowest BCUT2D eigenvalue weighted by molar-refractivity contribution is -0.0655. The van der Waals surface area contributed by atoms with Gasteiger partial charge in [0.2, 0.25) is 0 Å². The summed E-state index contributed by atoms with van der Waals surface area (Å²) in [4.78, 5) is 6.74. The standard InChI is InChI=1S/C20H27N3O/c1-20(2,11-10-16-6-4-3-5-7-16)23-12-13-24-18(15-23)17-8-9-19(21)22-14-17/h3-9,14,18H,10-13,15H2,1-2H3,(H2,21,22). The van der Waals surface area contributed by atoms with Gasteiger partial charge in [-0.25, -0.2) is 4.98 Å². The molecule has 1 aromatic carbocycles. The van der Waals surface area contributed by atoms with E-state index in [1.165, 1.54) is 5.56 Å². The number of rotatable bonds is 5. The Hall–Kier alpha value is -1.91. The highest BCUT2D eigenvalue weighted by molar-refractivity contribution is 5.30. The fourth-order valence-electron chi connectivity index (χ4n) is 3.26. The highest BCUT2D eigenvalue weighted by Crippen LogP contribution is 2.29. The molecule has 0 spiro atoms. The lowest BCUT2D eigenvalue weighted by Gasteiger charge is -2.43. The van der Waals surface area contributed by atoms with Crippen LogP contribution in [0.3, 0.4) is 0 Å². The first-order valence-electron chi connectivity index (χ1n) is 8.66. The molecule has 1 aromatic heterocycles. The SMILES string of the molecule is CC(C)(CCc1ccccc1)N1CCOC(c2ccc(N)nc2)C1. The Kier molecular flexibility index (Phi) is 5.17. The second kappa shape index (κ2) is 7.32. The molecule has 3 rings (SSSR count). The number of morpholine rings is 1. The van der Waals surface area contributed by atoms with Crippen LogP contribution in [0.2, 0.25) is 0 Å². The smallest absolute Gasteiger partial charge is 0.123 e. The molecule has 1 atom stereocenters. The number of nitrogen functional groups attached to an aromatic ring is 1. The van der Waals surface area contributed by atoms with Gasteiger partial charge in [-0.1, -0.05) is 36.4 Å². The van der Waals surface area contributed by atoms with Gasteiger partial charge < -0.3 is 10.5 Å². The third-order valence-electron chi connectivity index (χ3n) is 4.97. The molecule has 1 saturated heterocycles. The van der Waals surface area contributed by atoms with Crippen molar-refractivity contribution in [2.24, 2.45) is 0 Å². The monoisotopic (exact) mass is 325 g/mol. The van der Waals surface area contributed by atoms with Crippen LogP contribution in [0.1, 0.15) is 37.5 Å². The molecule has 0 amide bonds.